The van der Waals surface area contributed by atoms with Crippen LogP contribution in [0.2, 0.25) is 0 Å². The van der Waals surface area contributed by atoms with Gasteiger partial charge in [0, 0.05) is 16.6 Å². The second-order valence-corrected chi connectivity index (χ2v) is 8.17. The van der Waals surface area contributed by atoms with Gasteiger partial charge in [0.15, 0.2) is 5.16 Å². The summed E-state index contributed by atoms with van der Waals surface area (Å²) >= 11 is 2.67. The third-order valence-electron chi connectivity index (χ3n) is 4.05. The van der Waals surface area contributed by atoms with Crippen molar-refractivity contribution in [3.05, 3.63) is 70.0 Å². The second-order valence-electron chi connectivity index (χ2n) is 6.00. The van der Waals surface area contributed by atoms with Crippen molar-refractivity contribution in [3.63, 3.8) is 0 Å². The van der Waals surface area contributed by atoms with E-state index in [0.717, 1.165) is 16.0 Å². The summed E-state index contributed by atoms with van der Waals surface area (Å²) in [5.74, 6) is 0.408. The summed E-state index contributed by atoms with van der Waals surface area (Å²) in [7, 11) is 0. The predicted octanol–water partition coefficient (Wildman–Crippen LogP) is 4.09. The molecule has 140 valence electrons. The van der Waals surface area contributed by atoms with Crippen LogP contribution in [-0.2, 0) is 4.79 Å². The second kappa shape index (κ2) is 7.95. The molecule has 0 aliphatic carbocycles. The zero-order valence-electron chi connectivity index (χ0n) is 14.9. The molecule has 28 heavy (non-hydrogen) atoms. The van der Waals surface area contributed by atoms with E-state index in [1.165, 1.54) is 23.1 Å². The lowest BCUT2D eigenvalue weighted by Gasteiger charge is -2.04. The first kappa shape index (κ1) is 18.4. The number of pyridine rings is 1. The summed E-state index contributed by atoms with van der Waals surface area (Å²) in [5, 5.41) is 3.73. The minimum atomic E-state index is -0.209. The van der Waals surface area contributed by atoms with Crippen molar-refractivity contribution in [2.24, 2.45) is 0 Å². The van der Waals surface area contributed by atoms with Crippen LogP contribution in [0.15, 0.2) is 64.7 Å². The molecule has 0 aliphatic heterocycles. The standard InChI is InChI=1S/C20H16N4O2S2/c1-12-16(13-7-3-2-4-8-13)17-18(26)23-20(24-19(17)28-12)27-11-15(25)22-14-9-5-6-10-21-14/h2-10H,11H2,1H3,(H,21,22,25)(H,23,24,26). The molecule has 1 amide bonds. The minimum absolute atomic E-state index is 0.126. The Kier molecular flexibility index (Phi) is 5.23. The van der Waals surface area contributed by atoms with E-state index in [2.05, 4.69) is 20.3 Å². The van der Waals surface area contributed by atoms with Crippen LogP contribution in [0.1, 0.15) is 4.88 Å². The number of rotatable bonds is 5. The van der Waals surface area contributed by atoms with Gasteiger partial charge in [-0.25, -0.2) is 9.97 Å². The van der Waals surface area contributed by atoms with Crippen LogP contribution in [-0.4, -0.2) is 26.6 Å². The van der Waals surface area contributed by atoms with Crippen LogP contribution in [0.25, 0.3) is 21.3 Å². The summed E-state index contributed by atoms with van der Waals surface area (Å²) in [6, 6.07) is 15.1. The Morgan fingerprint density at radius 2 is 1.96 bits per heavy atom. The number of nitrogens with zero attached hydrogens (tertiary/aromatic N) is 2. The van der Waals surface area contributed by atoms with E-state index in [0.29, 0.717) is 21.2 Å². The van der Waals surface area contributed by atoms with Crippen molar-refractivity contribution >= 4 is 45.0 Å². The Labute approximate surface area is 169 Å². The normalized spacial score (nSPS) is 10.9. The number of carbonyl (C=O) groups excluding carboxylic acids is 1. The highest BCUT2D eigenvalue weighted by atomic mass is 32.2. The molecule has 4 aromatic rings. The number of benzene rings is 1. The van der Waals surface area contributed by atoms with E-state index in [4.69, 9.17) is 0 Å². The van der Waals surface area contributed by atoms with Gasteiger partial charge in [-0.3, -0.25) is 9.59 Å². The number of H-pyrrole nitrogens is 1. The number of fused-ring (bicyclic) bond motifs is 1. The Hall–Kier alpha value is -2.97. The molecule has 2 N–H and O–H groups in total. The number of aromatic nitrogens is 3. The lowest BCUT2D eigenvalue weighted by Crippen LogP contribution is -2.16. The van der Waals surface area contributed by atoms with Gasteiger partial charge in [-0.15, -0.1) is 11.3 Å². The lowest BCUT2D eigenvalue weighted by atomic mass is 10.0. The molecule has 0 spiro atoms. The van der Waals surface area contributed by atoms with Crippen LogP contribution in [0.4, 0.5) is 5.82 Å². The van der Waals surface area contributed by atoms with Crippen molar-refractivity contribution in [1.82, 2.24) is 15.0 Å². The van der Waals surface area contributed by atoms with Gasteiger partial charge in [0.1, 0.15) is 10.6 Å². The molecule has 6 nitrogen and oxygen atoms in total. The average Bonchev–Trinajstić information content (AvgIpc) is 3.04. The SMILES string of the molecule is Cc1sc2nc(SCC(=O)Nc3ccccn3)[nH]c(=O)c2c1-c1ccccc1. The molecule has 0 atom stereocenters. The molecule has 4 rings (SSSR count). The molecule has 0 bridgehead atoms. The zero-order valence-corrected chi connectivity index (χ0v) is 16.6. The van der Waals surface area contributed by atoms with Crippen LogP contribution in [0.5, 0.6) is 0 Å². The maximum absolute atomic E-state index is 12.7. The van der Waals surface area contributed by atoms with Crippen LogP contribution in [0.3, 0.4) is 0 Å². The summed E-state index contributed by atoms with van der Waals surface area (Å²) in [6.07, 6.45) is 1.61. The largest absolute Gasteiger partial charge is 0.310 e. The van der Waals surface area contributed by atoms with Gasteiger partial charge in [-0.2, -0.15) is 0 Å². The molecule has 0 unspecified atom stereocenters. The third kappa shape index (κ3) is 3.83. The van der Waals surface area contributed by atoms with Gasteiger partial charge in [0.25, 0.3) is 5.56 Å². The van der Waals surface area contributed by atoms with Crippen LogP contribution in [0, 0.1) is 6.92 Å². The highest BCUT2D eigenvalue weighted by Crippen LogP contribution is 2.35. The Balaban J connectivity index is 1.57. The molecular weight excluding hydrogens is 392 g/mol. The maximum Gasteiger partial charge on any atom is 0.260 e. The van der Waals surface area contributed by atoms with Crippen molar-refractivity contribution in [2.45, 2.75) is 12.1 Å². The first-order valence-corrected chi connectivity index (χ1v) is 10.3. The van der Waals surface area contributed by atoms with Gasteiger partial charge in [-0.1, -0.05) is 48.2 Å². The van der Waals surface area contributed by atoms with Crippen LogP contribution < -0.4 is 10.9 Å². The fourth-order valence-electron chi connectivity index (χ4n) is 2.87. The number of hydrogen-bond acceptors (Lipinski definition) is 6. The number of nitrogens with one attached hydrogen (secondary N) is 2. The van der Waals surface area contributed by atoms with Gasteiger partial charge in [0.2, 0.25) is 5.91 Å². The maximum atomic E-state index is 12.7. The average molecular weight is 409 g/mol. The number of carbonyl (C=O) groups is 1. The molecular formula is C20H16N4O2S2. The topological polar surface area (TPSA) is 87.7 Å². The summed E-state index contributed by atoms with van der Waals surface area (Å²) < 4.78 is 0. The van der Waals surface area contributed by atoms with Gasteiger partial charge in [0.05, 0.1) is 11.1 Å². The minimum Gasteiger partial charge on any atom is -0.310 e. The molecule has 0 saturated heterocycles. The number of thioether (sulfide) groups is 1. The highest BCUT2D eigenvalue weighted by molar-refractivity contribution is 7.99. The van der Waals surface area contributed by atoms with Crippen LogP contribution >= 0.6 is 23.1 Å². The van der Waals surface area contributed by atoms with E-state index in [1.807, 2.05) is 37.3 Å². The Bertz CT molecular complexity index is 1190. The van der Waals surface area contributed by atoms with Crippen molar-refractivity contribution < 1.29 is 4.79 Å². The van der Waals surface area contributed by atoms with Crippen molar-refractivity contribution in [1.29, 1.82) is 0 Å². The van der Waals surface area contributed by atoms with Crippen molar-refractivity contribution in [2.75, 3.05) is 11.1 Å². The fraction of sp³-hybridized carbons (Fsp3) is 0.100. The molecule has 8 heteroatoms. The lowest BCUT2D eigenvalue weighted by molar-refractivity contribution is -0.113. The number of anilines is 1. The first-order valence-electron chi connectivity index (χ1n) is 8.54. The summed E-state index contributed by atoms with van der Waals surface area (Å²) in [4.78, 5) is 37.9. The fourth-order valence-corrected chi connectivity index (χ4v) is 4.63. The molecule has 3 aromatic heterocycles. The number of thiophene rings is 1. The molecule has 1 aromatic carbocycles. The third-order valence-corrected chi connectivity index (χ3v) is 5.92. The monoisotopic (exact) mass is 408 g/mol. The summed E-state index contributed by atoms with van der Waals surface area (Å²) in [5.41, 5.74) is 1.72. The van der Waals surface area contributed by atoms with E-state index >= 15 is 0 Å². The molecule has 3 heterocycles. The van der Waals surface area contributed by atoms with E-state index < -0.39 is 0 Å². The predicted molar refractivity (Wildman–Crippen MR) is 114 cm³/mol. The molecule has 0 radical (unpaired) electrons. The number of hydrogen-bond donors (Lipinski definition) is 2. The van der Waals surface area contributed by atoms with E-state index in [9.17, 15) is 9.59 Å². The van der Waals surface area contributed by atoms with Gasteiger partial charge in [-0.05, 0) is 24.6 Å². The van der Waals surface area contributed by atoms with E-state index in [-0.39, 0.29) is 17.2 Å². The molecule has 0 fully saturated rings. The molecule has 0 aliphatic rings. The van der Waals surface area contributed by atoms with E-state index in [1.54, 1.807) is 24.4 Å². The first-order chi connectivity index (χ1) is 13.6. The number of aryl methyl sites for hydroxylation is 1. The quantitative estimate of drug-likeness (QED) is 0.384. The Morgan fingerprint density at radius 1 is 1.18 bits per heavy atom. The Morgan fingerprint density at radius 3 is 2.71 bits per heavy atom. The zero-order chi connectivity index (χ0) is 19.5. The van der Waals surface area contributed by atoms with Gasteiger partial charge >= 0.3 is 0 Å². The van der Waals surface area contributed by atoms with Gasteiger partial charge < -0.3 is 10.3 Å². The molecule has 0 saturated carbocycles. The number of aromatic amines is 1. The summed E-state index contributed by atoms with van der Waals surface area (Å²) in [6.45, 7) is 1.99. The highest BCUT2D eigenvalue weighted by Gasteiger charge is 2.17. The smallest absolute Gasteiger partial charge is 0.260 e. The van der Waals surface area contributed by atoms with Crippen molar-refractivity contribution in [3.8, 4) is 11.1 Å². The number of amides is 1.